The largest absolute Gasteiger partial charge is 0.255 e. The Bertz CT molecular complexity index is 534. The number of nitrogens with zero attached hydrogens (tertiary/aromatic N) is 2. The van der Waals surface area contributed by atoms with E-state index in [9.17, 15) is 8.42 Å². The van der Waals surface area contributed by atoms with E-state index in [-0.39, 0.29) is 16.1 Å². The average Bonchev–Trinajstić information content (AvgIpc) is 2.95. The predicted octanol–water partition coefficient (Wildman–Crippen LogP) is 1.46. The summed E-state index contributed by atoms with van der Waals surface area (Å²) in [6.07, 6.45) is 2.17. The molecule has 1 atom stereocenters. The van der Waals surface area contributed by atoms with Crippen LogP contribution in [-0.2, 0) is 17.1 Å². The lowest BCUT2D eigenvalue weighted by Gasteiger charge is -2.12. The van der Waals surface area contributed by atoms with Gasteiger partial charge in [-0.25, -0.2) is 13.1 Å². The first-order valence-corrected chi connectivity index (χ1v) is 7.40. The first kappa shape index (κ1) is 12.9. The highest BCUT2D eigenvalue weighted by Crippen LogP contribution is 2.33. The maximum Gasteiger partial charge on any atom is 0.245 e. The van der Waals surface area contributed by atoms with Crippen LogP contribution in [0.15, 0.2) is 4.90 Å². The van der Waals surface area contributed by atoms with E-state index in [2.05, 4.69) is 9.82 Å². The number of hydrogen-bond acceptors (Lipinski definition) is 3. The number of aromatic nitrogens is 2. The van der Waals surface area contributed by atoms with Gasteiger partial charge in [-0.1, -0.05) is 11.6 Å². The Kier molecular flexibility index (Phi) is 3.22. The van der Waals surface area contributed by atoms with Gasteiger partial charge in [0.15, 0.2) is 0 Å². The zero-order chi connectivity index (χ0) is 12.8. The molecule has 7 heteroatoms. The van der Waals surface area contributed by atoms with Crippen molar-refractivity contribution in [3.05, 3.63) is 10.8 Å². The highest BCUT2D eigenvalue weighted by Gasteiger charge is 2.33. The van der Waals surface area contributed by atoms with Gasteiger partial charge < -0.3 is 0 Å². The molecular formula is C10H16ClN3O2S. The molecule has 1 N–H and O–H groups in total. The van der Waals surface area contributed by atoms with Gasteiger partial charge in [-0.2, -0.15) is 5.10 Å². The van der Waals surface area contributed by atoms with Crippen molar-refractivity contribution in [3.8, 4) is 0 Å². The van der Waals surface area contributed by atoms with E-state index in [0.29, 0.717) is 11.6 Å². The van der Waals surface area contributed by atoms with Crippen molar-refractivity contribution in [3.63, 3.8) is 0 Å². The summed E-state index contributed by atoms with van der Waals surface area (Å²) in [7, 11) is -1.95. The summed E-state index contributed by atoms with van der Waals surface area (Å²) in [5.74, 6) is 0.459. The van der Waals surface area contributed by atoms with Crippen LogP contribution in [0.1, 0.15) is 25.5 Å². The minimum Gasteiger partial charge on any atom is -0.255 e. The van der Waals surface area contributed by atoms with Crippen molar-refractivity contribution < 1.29 is 8.42 Å². The first-order chi connectivity index (χ1) is 7.83. The Morgan fingerprint density at radius 1 is 1.53 bits per heavy atom. The third kappa shape index (κ3) is 2.48. The molecule has 2 rings (SSSR count). The summed E-state index contributed by atoms with van der Waals surface area (Å²) in [5.41, 5.74) is 0.424. The molecule has 5 nitrogen and oxygen atoms in total. The molecule has 1 fully saturated rings. The van der Waals surface area contributed by atoms with Crippen LogP contribution in [0.5, 0.6) is 0 Å². The molecule has 1 aromatic rings. The third-order valence-electron chi connectivity index (χ3n) is 3.04. The summed E-state index contributed by atoms with van der Waals surface area (Å²) in [6.45, 7) is 3.52. The quantitative estimate of drug-likeness (QED) is 0.906. The van der Waals surface area contributed by atoms with Crippen molar-refractivity contribution in [1.29, 1.82) is 0 Å². The number of aryl methyl sites for hydroxylation is 2. The van der Waals surface area contributed by atoms with E-state index in [0.717, 1.165) is 12.8 Å². The van der Waals surface area contributed by atoms with E-state index in [1.165, 1.54) is 4.68 Å². The fourth-order valence-corrected chi connectivity index (χ4v) is 3.97. The minimum atomic E-state index is -3.57. The van der Waals surface area contributed by atoms with Gasteiger partial charge in [-0.15, -0.1) is 0 Å². The summed E-state index contributed by atoms with van der Waals surface area (Å²) >= 11 is 5.96. The Labute approximate surface area is 106 Å². The lowest BCUT2D eigenvalue weighted by atomic mass is 10.2. The van der Waals surface area contributed by atoms with Crippen LogP contribution in [0, 0.1) is 12.8 Å². The molecule has 0 saturated heterocycles. The second-order valence-electron chi connectivity index (χ2n) is 4.58. The molecule has 1 aromatic heterocycles. The fraction of sp³-hybridized carbons (Fsp3) is 0.700. The maximum absolute atomic E-state index is 12.2. The molecule has 1 aliphatic rings. The van der Waals surface area contributed by atoms with E-state index in [4.69, 9.17) is 11.6 Å². The summed E-state index contributed by atoms with van der Waals surface area (Å²) in [5, 5.41) is 4.16. The summed E-state index contributed by atoms with van der Waals surface area (Å²) < 4.78 is 28.4. The fourth-order valence-electron chi connectivity index (χ4n) is 1.91. The number of hydrogen-bond donors (Lipinski definition) is 1. The van der Waals surface area contributed by atoms with Crippen molar-refractivity contribution in [2.45, 2.75) is 37.6 Å². The van der Waals surface area contributed by atoms with E-state index in [1.54, 1.807) is 14.0 Å². The Morgan fingerprint density at radius 3 is 2.53 bits per heavy atom. The van der Waals surface area contributed by atoms with E-state index < -0.39 is 10.0 Å². The molecule has 1 heterocycles. The van der Waals surface area contributed by atoms with E-state index >= 15 is 0 Å². The summed E-state index contributed by atoms with van der Waals surface area (Å²) in [4.78, 5) is 0.0918. The molecule has 0 aromatic carbocycles. The van der Waals surface area contributed by atoms with E-state index in [1.807, 2.05) is 6.92 Å². The maximum atomic E-state index is 12.2. The van der Waals surface area contributed by atoms with Gasteiger partial charge in [-0.3, -0.25) is 4.68 Å². The topological polar surface area (TPSA) is 64.0 Å². The van der Waals surface area contributed by atoms with Gasteiger partial charge in [0.05, 0.1) is 5.69 Å². The molecule has 0 radical (unpaired) electrons. The number of halogens is 1. The molecule has 0 spiro atoms. The standard InChI is InChI=1S/C10H16ClN3O2S/c1-6(8-4-5-8)13-17(15,16)9-7(2)12-14(3)10(9)11/h6,8,13H,4-5H2,1-3H3/t6-/m1/s1. The van der Waals surface area contributed by atoms with Gasteiger partial charge >= 0.3 is 0 Å². The Hall–Kier alpha value is -0.590. The monoisotopic (exact) mass is 277 g/mol. The Balaban J connectivity index is 2.30. The lowest BCUT2D eigenvalue weighted by Crippen LogP contribution is -2.34. The van der Waals surface area contributed by atoms with Gasteiger partial charge in [0.1, 0.15) is 10.0 Å². The van der Waals surface area contributed by atoms with Gasteiger partial charge in [0.2, 0.25) is 10.0 Å². The molecular weight excluding hydrogens is 262 g/mol. The predicted molar refractivity (Wildman–Crippen MR) is 65.5 cm³/mol. The molecule has 0 bridgehead atoms. The SMILES string of the molecule is Cc1nn(C)c(Cl)c1S(=O)(=O)N[C@H](C)C1CC1. The van der Waals surface area contributed by atoms with Crippen LogP contribution >= 0.6 is 11.6 Å². The van der Waals surface area contributed by atoms with Crippen molar-refractivity contribution in [1.82, 2.24) is 14.5 Å². The molecule has 0 amide bonds. The van der Waals surface area contributed by atoms with Crippen LogP contribution in [-0.4, -0.2) is 24.2 Å². The first-order valence-electron chi connectivity index (χ1n) is 5.54. The van der Waals surface area contributed by atoms with Crippen LogP contribution in [0.25, 0.3) is 0 Å². The average molecular weight is 278 g/mol. The number of nitrogens with one attached hydrogen (secondary N) is 1. The zero-order valence-corrected chi connectivity index (χ0v) is 11.6. The van der Waals surface area contributed by atoms with Crippen LogP contribution in [0.3, 0.4) is 0 Å². The second-order valence-corrected chi connectivity index (χ2v) is 6.59. The molecule has 17 heavy (non-hydrogen) atoms. The normalized spacial score (nSPS) is 18.4. The smallest absolute Gasteiger partial charge is 0.245 e. The molecule has 96 valence electrons. The second kappa shape index (κ2) is 4.26. The minimum absolute atomic E-state index is 0.0457. The lowest BCUT2D eigenvalue weighted by molar-refractivity contribution is 0.537. The van der Waals surface area contributed by atoms with Crippen LogP contribution < -0.4 is 4.72 Å². The zero-order valence-electron chi connectivity index (χ0n) is 10.1. The highest BCUT2D eigenvalue weighted by atomic mass is 35.5. The van der Waals surface area contributed by atoms with Gasteiger partial charge in [0, 0.05) is 13.1 Å². The molecule has 0 unspecified atom stereocenters. The summed E-state index contributed by atoms with van der Waals surface area (Å²) in [6, 6.07) is -0.0457. The van der Waals surface area contributed by atoms with Gasteiger partial charge in [0.25, 0.3) is 0 Å². The third-order valence-corrected chi connectivity index (χ3v) is 5.29. The molecule has 1 saturated carbocycles. The van der Waals surface area contributed by atoms with Crippen molar-refractivity contribution in [2.24, 2.45) is 13.0 Å². The number of sulfonamides is 1. The van der Waals surface area contributed by atoms with Crippen LogP contribution in [0.4, 0.5) is 0 Å². The number of rotatable bonds is 4. The highest BCUT2D eigenvalue weighted by molar-refractivity contribution is 7.89. The van der Waals surface area contributed by atoms with Crippen molar-refractivity contribution >= 4 is 21.6 Å². The molecule has 0 aliphatic heterocycles. The van der Waals surface area contributed by atoms with Crippen molar-refractivity contribution in [2.75, 3.05) is 0 Å². The van der Waals surface area contributed by atoms with Crippen LogP contribution in [0.2, 0.25) is 5.15 Å². The molecule has 1 aliphatic carbocycles. The van der Waals surface area contributed by atoms with Gasteiger partial charge in [-0.05, 0) is 32.6 Å². The Morgan fingerprint density at radius 2 is 2.12 bits per heavy atom.